The van der Waals surface area contributed by atoms with E-state index < -0.39 is 6.09 Å². The summed E-state index contributed by atoms with van der Waals surface area (Å²) in [5, 5.41) is 6.03. The summed E-state index contributed by atoms with van der Waals surface area (Å²) in [6, 6.07) is 7.66. The molecule has 1 aromatic rings. The molecule has 92 valence electrons. The van der Waals surface area contributed by atoms with Crippen molar-refractivity contribution in [3.05, 3.63) is 24.3 Å². The maximum Gasteiger partial charge on any atom is 0.411 e. The van der Waals surface area contributed by atoms with Gasteiger partial charge in [-0.2, -0.15) is 0 Å². The number of carbonyl (C=O) groups excluding carboxylic acids is 1. The molecular formula is C13H18N2O2. The van der Waals surface area contributed by atoms with Crippen LogP contribution in [0.5, 0.6) is 0 Å². The topological polar surface area (TPSA) is 50.4 Å². The first-order valence-corrected chi connectivity index (χ1v) is 5.97. The van der Waals surface area contributed by atoms with Crippen LogP contribution in [0, 0.1) is 5.92 Å². The lowest BCUT2D eigenvalue weighted by molar-refractivity contribution is 0.187. The van der Waals surface area contributed by atoms with Crippen molar-refractivity contribution in [2.24, 2.45) is 5.92 Å². The molecule has 0 radical (unpaired) electrons. The van der Waals surface area contributed by atoms with Crippen LogP contribution in [0.2, 0.25) is 0 Å². The van der Waals surface area contributed by atoms with Gasteiger partial charge in [0.2, 0.25) is 0 Å². The number of amides is 1. The number of carbonyl (C=O) groups is 1. The van der Waals surface area contributed by atoms with E-state index in [1.54, 1.807) is 0 Å². The zero-order valence-corrected chi connectivity index (χ0v) is 10.0. The van der Waals surface area contributed by atoms with Crippen molar-refractivity contribution in [2.75, 3.05) is 24.3 Å². The highest BCUT2D eigenvalue weighted by atomic mass is 16.5. The molecule has 2 N–H and O–H groups in total. The SMILES string of the molecule is COC(=O)Nc1cccc(NCC2CCC2)c1. The van der Waals surface area contributed by atoms with Gasteiger partial charge in [-0.1, -0.05) is 12.5 Å². The fraction of sp³-hybridized carbons (Fsp3) is 0.462. The van der Waals surface area contributed by atoms with Crippen molar-refractivity contribution in [1.82, 2.24) is 0 Å². The third-order valence-corrected chi connectivity index (χ3v) is 3.11. The third-order valence-electron chi connectivity index (χ3n) is 3.11. The average Bonchev–Trinajstić information content (AvgIpc) is 2.27. The van der Waals surface area contributed by atoms with Crippen molar-refractivity contribution >= 4 is 17.5 Å². The number of hydrogen-bond donors (Lipinski definition) is 2. The molecule has 1 fully saturated rings. The van der Waals surface area contributed by atoms with E-state index in [9.17, 15) is 4.79 Å². The summed E-state index contributed by atoms with van der Waals surface area (Å²) in [7, 11) is 1.36. The van der Waals surface area contributed by atoms with E-state index in [0.717, 1.165) is 23.8 Å². The fourth-order valence-corrected chi connectivity index (χ4v) is 1.83. The minimum atomic E-state index is -0.443. The Kier molecular flexibility index (Phi) is 3.85. The number of hydrogen-bond acceptors (Lipinski definition) is 3. The van der Waals surface area contributed by atoms with Crippen LogP contribution in [0.4, 0.5) is 16.2 Å². The summed E-state index contributed by atoms with van der Waals surface area (Å²) >= 11 is 0. The Morgan fingerprint density at radius 2 is 2.18 bits per heavy atom. The van der Waals surface area contributed by atoms with Crippen LogP contribution >= 0.6 is 0 Å². The quantitative estimate of drug-likeness (QED) is 0.841. The third kappa shape index (κ3) is 3.37. The highest BCUT2D eigenvalue weighted by Crippen LogP contribution is 2.26. The van der Waals surface area contributed by atoms with Gasteiger partial charge in [0, 0.05) is 17.9 Å². The van der Waals surface area contributed by atoms with E-state index in [1.165, 1.54) is 26.4 Å². The largest absolute Gasteiger partial charge is 0.453 e. The van der Waals surface area contributed by atoms with Crippen LogP contribution in [0.3, 0.4) is 0 Å². The average molecular weight is 234 g/mol. The number of anilines is 2. The van der Waals surface area contributed by atoms with Crippen LogP contribution in [-0.4, -0.2) is 19.7 Å². The molecule has 0 heterocycles. The van der Waals surface area contributed by atoms with Gasteiger partial charge in [-0.25, -0.2) is 4.79 Å². The van der Waals surface area contributed by atoms with E-state index in [2.05, 4.69) is 15.4 Å². The molecule has 2 rings (SSSR count). The van der Waals surface area contributed by atoms with Crippen molar-refractivity contribution in [1.29, 1.82) is 0 Å². The van der Waals surface area contributed by atoms with Gasteiger partial charge in [0.1, 0.15) is 0 Å². The second kappa shape index (κ2) is 5.57. The number of nitrogens with one attached hydrogen (secondary N) is 2. The van der Waals surface area contributed by atoms with Gasteiger partial charge in [-0.05, 0) is 37.0 Å². The molecule has 4 nitrogen and oxygen atoms in total. The van der Waals surface area contributed by atoms with E-state index >= 15 is 0 Å². The molecule has 17 heavy (non-hydrogen) atoms. The molecule has 1 aromatic carbocycles. The molecule has 1 aliphatic rings. The first kappa shape index (κ1) is 11.8. The number of rotatable bonds is 4. The number of methoxy groups -OCH3 is 1. The Labute approximate surface area is 101 Å². The highest BCUT2D eigenvalue weighted by Gasteiger charge is 2.16. The van der Waals surface area contributed by atoms with E-state index in [1.807, 2.05) is 24.3 Å². The molecule has 1 saturated carbocycles. The molecule has 0 aliphatic heterocycles. The summed E-state index contributed by atoms with van der Waals surface area (Å²) in [5.41, 5.74) is 1.78. The molecule has 1 aliphatic carbocycles. The van der Waals surface area contributed by atoms with Crippen LogP contribution in [0.25, 0.3) is 0 Å². The summed E-state index contributed by atoms with van der Waals surface area (Å²) in [6.07, 6.45) is 3.57. The van der Waals surface area contributed by atoms with Gasteiger partial charge < -0.3 is 10.1 Å². The maximum atomic E-state index is 11.1. The molecule has 0 atom stereocenters. The molecular weight excluding hydrogens is 216 g/mol. The molecule has 1 amide bonds. The van der Waals surface area contributed by atoms with Gasteiger partial charge in [-0.15, -0.1) is 0 Å². The number of ether oxygens (including phenoxy) is 1. The van der Waals surface area contributed by atoms with Gasteiger partial charge in [-0.3, -0.25) is 5.32 Å². The molecule has 0 saturated heterocycles. The molecule has 0 unspecified atom stereocenters. The first-order valence-electron chi connectivity index (χ1n) is 5.97. The summed E-state index contributed by atoms with van der Waals surface area (Å²) in [4.78, 5) is 11.1. The van der Waals surface area contributed by atoms with Crippen molar-refractivity contribution in [3.8, 4) is 0 Å². The Balaban J connectivity index is 1.88. The zero-order chi connectivity index (χ0) is 12.1. The van der Waals surface area contributed by atoms with Gasteiger partial charge >= 0.3 is 6.09 Å². The zero-order valence-electron chi connectivity index (χ0n) is 10.0. The maximum absolute atomic E-state index is 11.1. The second-order valence-corrected chi connectivity index (χ2v) is 4.38. The van der Waals surface area contributed by atoms with Crippen LogP contribution in [0.15, 0.2) is 24.3 Å². The van der Waals surface area contributed by atoms with E-state index in [0.29, 0.717) is 0 Å². The molecule has 0 bridgehead atoms. The Hall–Kier alpha value is -1.71. The van der Waals surface area contributed by atoms with Gasteiger partial charge in [0.05, 0.1) is 7.11 Å². The van der Waals surface area contributed by atoms with Crippen molar-refractivity contribution in [2.45, 2.75) is 19.3 Å². The molecule has 4 heteroatoms. The van der Waals surface area contributed by atoms with Gasteiger partial charge in [0.25, 0.3) is 0 Å². The Bertz CT molecular complexity index is 389. The summed E-state index contributed by atoms with van der Waals surface area (Å²) in [6.45, 7) is 1.02. The smallest absolute Gasteiger partial charge is 0.411 e. The fourth-order valence-electron chi connectivity index (χ4n) is 1.83. The standard InChI is InChI=1S/C13H18N2O2/c1-17-13(16)15-12-7-3-6-11(8-12)14-9-10-4-2-5-10/h3,6-8,10,14H,2,4-5,9H2,1H3,(H,15,16). The van der Waals surface area contributed by atoms with Crippen LogP contribution < -0.4 is 10.6 Å². The number of benzene rings is 1. The highest BCUT2D eigenvalue weighted by molar-refractivity contribution is 5.85. The van der Waals surface area contributed by atoms with E-state index in [4.69, 9.17) is 0 Å². The Morgan fingerprint density at radius 1 is 1.41 bits per heavy atom. The lowest BCUT2D eigenvalue weighted by Gasteiger charge is -2.25. The van der Waals surface area contributed by atoms with Crippen molar-refractivity contribution < 1.29 is 9.53 Å². The predicted octanol–water partition coefficient (Wildman–Crippen LogP) is 3.08. The predicted molar refractivity (Wildman–Crippen MR) is 68.3 cm³/mol. The normalized spacial score (nSPS) is 14.9. The van der Waals surface area contributed by atoms with Crippen LogP contribution in [0.1, 0.15) is 19.3 Å². The molecule has 0 aromatic heterocycles. The first-order chi connectivity index (χ1) is 8.28. The van der Waals surface area contributed by atoms with E-state index in [-0.39, 0.29) is 0 Å². The van der Waals surface area contributed by atoms with Gasteiger partial charge in [0.15, 0.2) is 0 Å². The summed E-state index contributed by atoms with van der Waals surface area (Å²) in [5.74, 6) is 0.812. The minimum Gasteiger partial charge on any atom is -0.453 e. The molecule has 0 spiro atoms. The monoisotopic (exact) mass is 234 g/mol. The second-order valence-electron chi connectivity index (χ2n) is 4.38. The lowest BCUT2D eigenvalue weighted by Crippen LogP contribution is -2.20. The van der Waals surface area contributed by atoms with Crippen molar-refractivity contribution in [3.63, 3.8) is 0 Å². The lowest BCUT2D eigenvalue weighted by atomic mass is 9.85. The summed E-state index contributed by atoms with van der Waals surface area (Å²) < 4.78 is 4.55. The minimum absolute atomic E-state index is 0.443. The Morgan fingerprint density at radius 3 is 2.82 bits per heavy atom. The van der Waals surface area contributed by atoms with Crippen LogP contribution in [-0.2, 0) is 4.74 Å².